The summed E-state index contributed by atoms with van der Waals surface area (Å²) in [6.07, 6.45) is -1.04. The van der Waals surface area contributed by atoms with Crippen molar-refractivity contribution >= 4 is 43.5 Å². The van der Waals surface area contributed by atoms with Crippen molar-refractivity contribution in [3.05, 3.63) is 58.6 Å². The minimum Gasteiger partial charge on any atom is -0.449 e. The van der Waals surface area contributed by atoms with Crippen LogP contribution in [0.4, 0.5) is 5.69 Å². The number of carbonyl (C=O) groups is 2. The molecule has 132 valence electrons. The summed E-state index contributed by atoms with van der Waals surface area (Å²) in [5, 5.41) is 7.53. The molecule has 0 heterocycles. The van der Waals surface area contributed by atoms with Crippen molar-refractivity contribution < 1.29 is 22.7 Å². The number of nitrogens with one attached hydrogen (secondary N) is 1. The summed E-state index contributed by atoms with van der Waals surface area (Å²) in [5.41, 5.74) is 0.654. The van der Waals surface area contributed by atoms with E-state index in [9.17, 15) is 18.0 Å². The predicted molar refractivity (Wildman–Crippen MR) is 95.5 cm³/mol. The van der Waals surface area contributed by atoms with Crippen molar-refractivity contribution in [3.63, 3.8) is 0 Å². The highest BCUT2D eigenvalue weighted by Gasteiger charge is 2.20. The van der Waals surface area contributed by atoms with Gasteiger partial charge in [-0.3, -0.25) is 4.79 Å². The topological polar surface area (TPSA) is 116 Å². The van der Waals surface area contributed by atoms with Crippen molar-refractivity contribution in [1.29, 1.82) is 0 Å². The van der Waals surface area contributed by atoms with Crippen LogP contribution in [-0.4, -0.2) is 26.4 Å². The van der Waals surface area contributed by atoms with Crippen LogP contribution in [0.1, 0.15) is 17.3 Å². The van der Waals surface area contributed by atoms with Gasteiger partial charge in [0.2, 0.25) is 10.0 Å². The number of hydrogen-bond donors (Lipinski definition) is 2. The van der Waals surface area contributed by atoms with Gasteiger partial charge in [0.15, 0.2) is 6.10 Å². The molecule has 0 radical (unpaired) electrons. The molecule has 1 amide bonds. The van der Waals surface area contributed by atoms with Gasteiger partial charge < -0.3 is 10.1 Å². The molecule has 0 aliphatic carbocycles. The number of hydrogen-bond acceptors (Lipinski definition) is 5. The quantitative estimate of drug-likeness (QED) is 0.711. The number of esters is 1. The van der Waals surface area contributed by atoms with Crippen molar-refractivity contribution in [2.45, 2.75) is 17.9 Å². The van der Waals surface area contributed by atoms with Crippen molar-refractivity contribution in [3.8, 4) is 0 Å². The average Bonchev–Trinajstić information content (AvgIpc) is 2.54. The van der Waals surface area contributed by atoms with Crippen LogP contribution in [0.25, 0.3) is 0 Å². The molecular weight excluding hydrogens is 412 g/mol. The second-order valence-corrected chi connectivity index (χ2v) is 7.50. The molecule has 0 saturated carbocycles. The Morgan fingerprint density at radius 1 is 1.12 bits per heavy atom. The van der Waals surface area contributed by atoms with E-state index in [0.29, 0.717) is 15.7 Å². The van der Waals surface area contributed by atoms with Crippen LogP contribution >= 0.6 is 15.9 Å². The number of nitrogens with two attached hydrogens (primary N) is 1. The number of rotatable bonds is 5. The van der Waals surface area contributed by atoms with Crippen LogP contribution in [0, 0.1) is 0 Å². The Morgan fingerprint density at radius 3 is 2.28 bits per heavy atom. The first kappa shape index (κ1) is 19.1. The van der Waals surface area contributed by atoms with Gasteiger partial charge in [0.05, 0.1) is 10.5 Å². The molecule has 7 nitrogen and oxygen atoms in total. The maximum absolute atomic E-state index is 12.1. The van der Waals surface area contributed by atoms with Gasteiger partial charge >= 0.3 is 5.97 Å². The summed E-state index contributed by atoms with van der Waals surface area (Å²) in [5.74, 6) is -1.19. The number of carbonyl (C=O) groups excluding carboxylic acids is 2. The monoisotopic (exact) mass is 426 g/mol. The van der Waals surface area contributed by atoms with Crippen LogP contribution in [0.3, 0.4) is 0 Å². The average molecular weight is 427 g/mol. The van der Waals surface area contributed by atoms with E-state index in [1.165, 1.54) is 31.2 Å². The smallest absolute Gasteiger partial charge is 0.340 e. The molecule has 2 rings (SSSR count). The summed E-state index contributed by atoms with van der Waals surface area (Å²) >= 11 is 3.24. The van der Waals surface area contributed by atoms with Gasteiger partial charge in [-0.15, -0.1) is 0 Å². The molecule has 0 aromatic heterocycles. The number of benzene rings is 2. The zero-order valence-corrected chi connectivity index (χ0v) is 15.5. The van der Waals surface area contributed by atoms with E-state index in [4.69, 9.17) is 9.88 Å². The molecule has 9 heteroatoms. The third-order valence-electron chi connectivity index (χ3n) is 3.20. The molecule has 0 aliphatic rings. The Labute approximate surface area is 153 Å². The van der Waals surface area contributed by atoms with Crippen molar-refractivity contribution in [1.82, 2.24) is 0 Å². The van der Waals surface area contributed by atoms with Gasteiger partial charge in [-0.2, -0.15) is 0 Å². The predicted octanol–water partition coefficient (Wildman–Crippen LogP) is 2.28. The first-order valence-electron chi connectivity index (χ1n) is 7.07. The number of amides is 1. The van der Waals surface area contributed by atoms with Crippen LogP contribution in [0.15, 0.2) is 57.9 Å². The fourth-order valence-corrected chi connectivity index (χ4v) is 2.84. The Morgan fingerprint density at radius 2 is 1.72 bits per heavy atom. The molecule has 0 fully saturated rings. The van der Waals surface area contributed by atoms with Crippen LogP contribution < -0.4 is 10.5 Å². The van der Waals surface area contributed by atoms with E-state index in [2.05, 4.69) is 21.2 Å². The van der Waals surface area contributed by atoms with E-state index < -0.39 is 28.0 Å². The maximum atomic E-state index is 12.1. The highest BCUT2D eigenvalue weighted by molar-refractivity contribution is 9.10. The standard InChI is InChI=1S/C16H15BrN2O5S/c1-10(24-16(21)13-4-2-3-5-14(13)17)15(20)19-11-6-8-12(9-7-11)25(18,22)23/h2-10H,1H3,(H,19,20)(H2,18,22,23)/t10-/m1/s1. The van der Waals surface area contributed by atoms with E-state index in [0.717, 1.165) is 0 Å². The summed E-state index contributed by atoms with van der Waals surface area (Å²) in [6.45, 7) is 1.43. The number of anilines is 1. The number of halogens is 1. The molecule has 25 heavy (non-hydrogen) atoms. The van der Waals surface area contributed by atoms with Gasteiger partial charge in [-0.25, -0.2) is 18.4 Å². The summed E-state index contributed by atoms with van der Waals surface area (Å²) in [6, 6.07) is 12.0. The van der Waals surface area contributed by atoms with Crippen LogP contribution in [-0.2, 0) is 19.6 Å². The second-order valence-electron chi connectivity index (χ2n) is 5.09. The maximum Gasteiger partial charge on any atom is 0.340 e. The molecule has 3 N–H and O–H groups in total. The first-order valence-corrected chi connectivity index (χ1v) is 9.41. The van der Waals surface area contributed by atoms with Crippen molar-refractivity contribution in [2.24, 2.45) is 5.14 Å². The van der Waals surface area contributed by atoms with Gasteiger partial charge in [0, 0.05) is 10.2 Å². The molecular formula is C16H15BrN2O5S. The highest BCUT2D eigenvalue weighted by Crippen LogP contribution is 2.18. The van der Waals surface area contributed by atoms with Crippen molar-refractivity contribution in [2.75, 3.05) is 5.32 Å². The molecule has 0 saturated heterocycles. The molecule has 1 atom stereocenters. The SMILES string of the molecule is C[C@@H](OC(=O)c1ccccc1Br)C(=O)Nc1ccc(S(N)(=O)=O)cc1. The summed E-state index contributed by atoms with van der Waals surface area (Å²) in [7, 11) is -3.80. The summed E-state index contributed by atoms with van der Waals surface area (Å²) < 4.78 is 28.1. The van der Waals surface area contributed by atoms with Gasteiger partial charge in [-0.1, -0.05) is 12.1 Å². The van der Waals surface area contributed by atoms with Crippen LogP contribution in [0.2, 0.25) is 0 Å². The lowest BCUT2D eigenvalue weighted by atomic mass is 10.2. The number of sulfonamides is 1. The largest absolute Gasteiger partial charge is 0.449 e. The van der Waals surface area contributed by atoms with E-state index >= 15 is 0 Å². The highest BCUT2D eigenvalue weighted by atomic mass is 79.9. The molecule has 2 aromatic rings. The van der Waals surface area contributed by atoms with Gasteiger partial charge in [0.25, 0.3) is 5.91 Å². The van der Waals surface area contributed by atoms with Gasteiger partial charge in [-0.05, 0) is 59.3 Å². The fourth-order valence-electron chi connectivity index (χ4n) is 1.88. The minimum absolute atomic E-state index is 0.0705. The lowest BCUT2D eigenvalue weighted by Crippen LogP contribution is -2.30. The molecule has 0 bridgehead atoms. The Hall–Kier alpha value is -2.23. The van der Waals surface area contributed by atoms with Gasteiger partial charge in [0.1, 0.15) is 0 Å². The summed E-state index contributed by atoms with van der Waals surface area (Å²) in [4.78, 5) is 24.1. The Kier molecular flexibility index (Phi) is 5.93. The molecule has 0 aliphatic heterocycles. The second kappa shape index (κ2) is 7.77. The molecule has 0 spiro atoms. The fraction of sp³-hybridized carbons (Fsp3) is 0.125. The lowest BCUT2D eigenvalue weighted by Gasteiger charge is -2.14. The molecule has 0 unspecified atom stereocenters. The Balaban J connectivity index is 2.01. The third kappa shape index (κ3) is 5.12. The van der Waals surface area contributed by atoms with E-state index in [1.54, 1.807) is 24.3 Å². The molecule has 2 aromatic carbocycles. The lowest BCUT2D eigenvalue weighted by molar-refractivity contribution is -0.123. The normalized spacial score (nSPS) is 12.3. The zero-order valence-electron chi connectivity index (χ0n) is 13.1. The van der Waals surface area contributed by atoms with Crippen LogP contribution in [0.5, 0.6) is 0 Å². The first-order chi connectivity index (χ1) is 11.7. The minimum atomic E-state index is -3.80. The van der Waals surface area contributed by atoms with E-state index in [-0.39, 0.29) is 4.90 Å². The Bertz CT molecular complexity index is 897. The van der Waals surface area contributed by atoms with E-state index in [1.807, 2.05) is 0 Å². The zero-order chi connectivity index (χ0) is 18.6. The third-order valence-corrected chi connectivity index (χ3v) is 4.82. The number of primary sulfonamides is 1. The number of ether oxygens (including phenoxy) is 1.